The number of amides is 1. The molecule has 0 unspecified atom stereocenters. The third-order valence-corrected chi connectivity index (χ3v) is 3.90. The number of rotatable bonds is 3. The Kier molecular flexibility index (Phi) is 3.76. The van der Waals surface area contributed by atoms with Crippen LogP contribution in [-0.4, -0.2) is 29.7 Å². The molecule has 3 rings (SSSR count). The van der Waals surface area contributed by atoms with Gasteiger partial charge in [-0.3, -0.25) is 9.59 Å². The molecule has 0 aliphatic carbocycles. The van der Waals surface area contributed by atoms with Gasteiger partial charge in [0.1, 0.15) is 0 Å². The molecule has 0 aromatic heterocycles. The average molecular weight is 300 g/mol. The highest BCUT2D eigenvalue weighted by Gasteiger charge is 2.25. The van der Waals surface area contributed by atoms with Crippen molar-refractivity contribution in [2.75, 3.05) is 13.1 Å². The molecule has 1 heterocycles. The fraction of sp³-hybridized carbons (Fsp3) is 0.176. The number of likely N-dealkylation sites (tertiary alicyclic amines) is 1. The molecule has 1 aliphatic rings. The van der Waals surface area contributed by atoms with Crippen molar-refractivity contribution in [3.8, 4) is 0 Å². The van der Waals surface area contributed by atoms with E-state index in [1.165, 1.54) is 0 Å². The van der Waals surface area contributed by atoms with Gasteiger partial charge in [-0.25, -0.2) is 0 Å². The molecule has 106 valence electrons. The lowest BCUT2D eigenvalue weighted by atomic mass is 9.97. The summed E-state index contributed by atoms with van der Waals surface area (Å²) in [7, 11) is 0. The van der Waals surface area contributed by atoms with E-state index in [0.717, 1.165) is 19.5 Å². The summed E-state index contributed by atoms with van der Waals surface area (Å²) >= 11 is 5.84. The normalized spacial score (nSPS) is 13.7. The number of carbonyl (C=O) groups excluding carboxylic acids is 2. The zero-order valence-corrected chi connectivity index (χ0v) is 12.1. The van der Waals surface area contributed by atoms with Gasteiger partial charge in [-0.2, -0.15) is 0 Å². The van der Waals surface area contributed by atoms with Gasteiger partial charge in [0.05, 0.1) is 5.56 Å². The molecule has 2 aromatic rings. The van der Waals surface area contributed by atoms with Gasteiger partial charge in [0, 0.05) is 29.2 Å². The first kappa shape index (κ1) is 13.8. The Hall–Kier alpha value is -2.13. The first-order valence-corrected chi connectivity index (χ1v) is 7.23. The summed E-state index contributed by atoms with van der Waals surface area (Å²) in [5.41, 5.74) is 1.44. The monoisotopic (exact) mass is 299 g/mol. The first-order chi connectivity index (χ1) is 10.2. The molecule has 21 heavy (non-hydrogen) atoms. The molecule has 0 radical (unpaired) electrons. The van der Waals surface area contributed by atoms with Crippen molar-refractivity contribution in [1.29, 1.82) is 0 Å². The van der Waals surface area contributed by atoms with Crippen molar-refractivity contribution in [2.45, 2.75) is 6.42 Å². The predicted octanol–water partition coefficient (Wildman–Crippen LogP) is 3.42. The van der Waals surface area contributed by atoms with E-state index in [0.29, 0.717) is 21.7 Å². The van der Waals surface area contributed by atoms with E-state index in [4.69, 9.17) is 11.6 Å². The van der Waals surface area contributed by atoms with Crippen LogP contribution in [0.15, 0.2) is 48.5 Å². The van der Waals surface area contributed by atoms with Crippen LogP contribution >= 0.6 is 11.6 Å². The molecule has 1 aliphatic heterocycles. The van der Waals surface area contributed by atoms with Crippen molar-refractivity contribution < 1.29 is 9.59 Å². The summed E-state index contributed by atoms with van der Waals surface area (Å²) in [5.74, 6) is -0.227. The molecule has 0 saturated carbocycles. The van der Waals surface area contributed by atoms with Gasteiger partial charge in [0.2, 0.25) is 0 Å². The third kappa shape index (κ3) is 2.69. The van der Waals surface area contributed by atoms with E-state index in [-0.39, 0.29) is 11.7 Å². The van der Waals surface area contributed by atoms with E-state index in [1.807, 2.05) is 0 Å². The van der Waals surface area contributed by atoms with Crippen LogP contribution in [-0.2, 0) is 0 Å². The average Bonchev–Trinajstić information content (AvgIpc) is 2.45. The Morgan fingerprint density at radius 1 is 0.905 bits per heavy atom. The van der Waals surface area contributed by atoms with Crippen LogP contribution in [0.25, 0.3) is 0 Å². The highest BCUT2D eigenvalue weighted by molar-refractivity contribution is 6.30. The maximum Gasteiger partial charge on any atom is 0.254 e. The van der Waals surface area contributed by atoms with E-state index in [9.17, 15) is 9.59 Å². The molecule has 3 nitrogen and oxygen atoms in total. The van der Waals surface area contributed by atoms with Crippen molar-refractivity contribution in [2.24, 2.45) is 0 Å². The molecule has 0 spiro atoms. The SMILES string of the molecule is O=C(c1ccc(Cl)cc1)c1ccccc1C(=O)N1CCC1. The number of halogens is 1. The second-order valence-electron chi connectivity index (χ2n) is 5.03. The quantitative estimate of drug-likeness (QED) is 0.814. The van der Waals surface area contributed by atoms with Gasteiger partial charge in [0.25, 0.3) is 5.91 Å². The Bertz CT molecular complexity index is 690. The highest BCUT2D eigenvalue weighted by atomic mass is 35.5. The van der Waals surface area contributed by atoms with Gasteiger partial charge in [-0.05, 0) is 36.8 Å². The minimum absolute atomic E-state index is 0.0702. The molecule has 1 fully saturated rings. The minimum atomic E-state index is -0.156. The van der Waals surface area contributed by atoms with Gasteiger partial charge in [-0.1, -0.05) is 29.8 Å². The van der Waals surface area contributed by atoms with Gasteiger partial charge >= 0.3 is 0 Å². The van der Waals surface area contributed by atoms with E-state index in [2.05, 4.69) is 0 Å². The van der Waals surface area contributed by atoms with E-state index < -0.39 is 0 Å². The van der Waals surface area contributed by atoms with Crippen molar-refractivity contribution in [1.82, 2.24) is 4.90 Å². The van der Waals surface area contributed by atoms with E-state index >= 15 is 0 Å². The summed E-state index contributed by atoms with van der Waals surface area (Å²) in [6.45, 7) is 1.53. The fourth-order valence-corrected chi connectivity index (χ4v) is 2.44. The van der Waals surface area contributed by atoms with Crippen LogP contribution in [0.5, 0.6) is 0 Å². The summed E-state index contributed by atoms with van der Waals surface area (Å²) in [6.07, 6.45) is 1.03. The fourth-order valence-electron chi connectivity index (χ4n) is 2.31. The topological polar surface area (TPSA) is 37.4 Å². The zero-order valence-electron chi connectivity index (χ0n) is 11.4. The lowest BCUT2D eigenvalue weighted by Crippen LogP contribution is -2.42. The lowest BCUT2D eigenvalue weighted by molar-refractivity contribution is 0.0648. The number of carbonyl (C=O) groups is 2. The summed E-state index contributed by atoms with van der Waals surface area (Å²) in [4.78, 5) is 26.7. The van der Waals surface area contributed by atoms with Gasteiger partial charge in [-0.15, -0.1) is 0 Å². The third-order valence-electron chi connectivity index (χ3n) is 3.65. The van der Waals surface area contributed by atoms with Crippen LogP contribution in [0.2, 0.25) is 5.02 Å². The highest BCUT2D eigenvalue weighted by Crippen LogP contribution is 2.20. The summed E-state index contributed by atoms with van der Waals surface area (Å²) in [6, 6.07) is 13.7. The number of nitrogens with zero attached hydrogens (tertiary/aromatic N) is 1. The van der Waals surface area contributed by atoms with Crippen LogP contribution in [0.4, 0.5) is 0 Å². The Balaban J connectivity index is 1.96. The molecular weight excluding hydrogens is 286 g/mol. The molecule has 1 amide bonds. The molecule has 0 N–H and O–H groups in total. The smallest absolute Gasteiger partial charge is 0.254 e. The van der Waals surface area contributed by atoms with Crippen LogP contribution in [0.1, 0.15) is 32.7 Å². The summed E-state index contributed by atoms with van der Waals surface area (Å²) < 4.78 is 0. The molecule has 2 aromatic carbocycles. The van der Waals surface area contributed by atoms with Crippen molar-refractivity contribution in [3.63, 3.8) is 0 Å². The van der Waals surface area contributed by atoms with Crippen LogP contribution < -0.4 is 0 Å². The molecule has 1 saturated heterocycles. The minimum Gasteiger partial charge on any atom is -0.338 e. The second-order valence-corrected chi connectivity index (χ2v) is 5.46. The van der Waals surface area contributed by atoms with Crippen molar-refractivity contribution in [3.05, 3.63) is 70.2 Å². The predicted molar refractivity (Wildman–Crippen MR) is 81.8 cm³/mol. The van der Waals surface area contributed by atoms with Crippen molar-refractivity contribution >= 4 is 23.3 Å². The number of hydrogen-bond donors (Lipinski definition) is 0. The second kappa shape index (κ2) is 5.70. The first-order valence-electron chi connectivity index (χ1n) is 6.85. The van der Waals surface area contributed by atoms with E-state index in [1.54, 1.807) is 53.4 Å². The molecule has 4 heteroatoms. The van der Waals surface area contributed by atoms with Crippen LogP contribution in [0.3, 0.4) is 0 Å². The lowest BCUT2D eigenvalue weighted by Gasteiger charge is -2.31. The maximum atomic E-state index is 12.6. The largest absolute Gasteiger partial charge is 0.338 e. The summed E-state index contributed by atoms with van der Waals surface area (Å²) in [5, 5.41) is 0.580. The Morgan fingerprint density at radius 3 is 2.10 bits per heavy atom. The maximum absolute atomic E-state index is 12.6. The molecule has 0 atom stereocenters. The Labute approximate surface area is 128 Å². The number of ketones is 1. The molecular formula is C17H14ClNO2. The Morgan fingerprint density at radius 2 is 1.52 bits per heavy atom. The zero-order chi connectivity index (χ0) is 14.8. The molecule has 0 bridgehead atoms. The number of hydrogen-bond acceptors (Lipinski definition) is 2. The number of benzene rings is 2. The van der Waals surface area contributed by atoms with Gasteiger partial charge in [0.15, 0.2) is 5.78 Å². The standard InChI is InChI=1S/C17H14ClNO2/c18-13-8-6-12(7-9-13)16(20)14-4-1-2-5-15(14)17(21)19-10-3-11-19/h1-2,4-9H,3,10-11H2. The van der Waals surface area contributed by atoms with Crippen LogP contribution in [0, 0.1) is 0 Å². The van der Waals surface area contributed by atoms with Gasteiger partial charge < -0.3 is 4.90 Å².